The predicted molar refractivity (Wildman–Crippen MR) is 137 cm³/mol. The van der Waals surface area contributed by atoms with E-state index >= 15 is 0 Å². The fourth-order valence-electron chi connectivity index (χ4n) is 3.52. The van der Waals surface area contributed by atoms with E-state index in [0.717, 1.165) is 21.6 Å². The van der Waals surface area contributed by atoms with Crippen LogP contribution in [0.3, 0.4) is 0 Å². The largest absolute Gasteiger partial charge is 0.375 e. The Hall–Kier alpha value is -3.32. The van der Waals surface area contributed by atoms with E-state index in [4.69, 9.17) is 34.8 Å². The van der Waals surface area contributed by atoms with Gasteiger partial charge in [0, 0.05) is 27.8 Å². The van der Waals surface area contributed by atoms with Gasteiger partial charge in [0.2, 0.25) is 0 Å². The Labute approximate surface area is 217 Å². The molecule has 6 nitrogen and oxygen atoms in total. The standard InChI is InChI=1S/C26H20Cl3N3O3/c1-15-20(28)3-2-4-21(15)31-24(33)18-9-5-16(6-10-18)13-30-23-22(29)25(34)32(26(23)35)14-17-7-11-19(27)12-8-17/h2-12,30H,13-14H2,1H3,(H,31,33). The monoisotopic (exact) mass is 527 g/mol. The summed E-state index contributed by atoms with van der Waals surface area (Å²) >= 11 is 18.2. The quantitative estimate of drug-likeness (QED) is 0.388. The van der Waals surface area contributed by atoms with Crippen molar-refractivity contribution in [1.29, 1.82) is 0 Å². The van der Waals surface area contributed by atoms with Crippen LogP contribution in [-0.4, -0.2) is 22.6 Å². The lowest BCUT2D eigenvalue weighted by Crippen LogP contribution is -2.33. The average molecular weight is 529 g/mol. The van der Waals surface area contributed by atoms with Crippen LogP contribution in [0.25, 0.3) is 0 Å². The smallest absolute Gasteiger partial charge is 0.278 e. The topological polar surface area (TPSA) is 78.5 Å². The van der Waals surface area contributed by atoms with Crippen LogP contribution in [0.4, 0.5) is 5.69 Å². The van der Waals surface area contributed by atoms with Crippen molar-refractivity contribution in [2.24, 2.45) is 0 Å². The molecule has 1 aliphatic heterocycles. The van der Waals surface area contributed by atoms with Crippen LogP contribution in [0.15, 0.2) is 77.5 Å². The van der Waals surface area contributed by atoms with Gasteiger partial charge in [0.15, 0.2) is 0 Å². The molecule has 1 aliphatic rings. The molecule has 0 radical (unpaired) electrons. The highest BCUT2D eigenvalue weighted by Crippen LogP contribution is 2.25. The highest BCUT2D eigenvalue weighted by molar-refractivity contribution is 6.47. The summed E-state index contributed by atoms with van der Waals surface area (Å²) in [6.45, 7) is 2.17. The summed E-state index contributed by atoms with van der Waals surface area (Å²) in [5.41, 5.74) is 3.49. The van der Waals surface area contributed by atoms with Crippen molar-refractivity contribution in [2.75, 3.05) is 5.32 Å². The molecule has 3 aromatic rings. The Morgan fingerprint density at radius 2 is 1.51 bits per heavy atom. The molecule has 0 saturated heterocycles. The molecule has 0 spiro atoms. The maximum Gasteiger partial charge on any atom is 0.278 e. The van der Waals surface area contributed by atoms with Gasteiger partial charge < -0.3 is 10.6 Å². The maximum absolute atomic E-state index is 12.8. The molecule has 1 heterocycles. The van der Waals surface area contributed by atoms with Gasteiger partial charge in [0.25, 0.3) is 17.7 Å². The fourth-order valence-corrected chi connectivity index (χ4v) is 4.07. The number of halogens is 3. The second-order valence-electron chi connectivity index (χ2n) is 7.93. The number of rotatable bonds is 7. The number of carbonyl (C=O) groups is 3. The number of hydrogen-bond donors (Lipinski definition) is 2. The molecule has 4 rings (SSSR count). The third-order valence-corrected chi connectivity index (χ3v) is 6.58. The van der Waals surface area contributed by atoms with Crippen LogP contribution in [0.5, 0.6) is 0 Å². The molecule has 0 fully saturated rings. The van der Waals surface area contributed by atoms with Crippen molar-refractivity contribution < 1.29 is 14.4 Å². The molecular weight excluding hydrogens is 509 g/mol. The molecule has 35 heavy (non-hydrogen) atoms. The van der Waals surface area contributed by atoms with Crippen molar-refractivity contribution in [3.8, 4) is 0 Å². The summed E-state index contributed by atoms with van der Waals surface area (Å²) in [5, 5.41) is 6.78. The van der Waals surface area contributed by atoms with Crippen molar-refractivity contribution in [1.82, 2.24) is 10.2 Å². The van der Waals surface area contributed by atoms with Crippen LogP contribution < -0.4 is 10.6 Å². The number of benzene rings is 3. The third-order valence-electron chi connectivity index (χ3n) is 5.57. The van der Waals surface area contributed by atoms with E-state index in [2.05, 4.69) is 10.6 Å². The summed E-state index contributed by atoms with van der Waals surface area (Å²) in [6.07, 6.45) is 0. The summed E-state index contributed by atoms with van der Waals surface area (Å²) < 4.78 is 0. The first kappa shape index (κ1) is 24.8. The minimum atomic E-state index is -0.558. The van der Waals surface area contributed by atoms with E-state index in [1.165, 1.54) is 0 Å². The number of nitrogens with zero attached hydrogens (tertiary/aromatic N) is 1. The molecule has 3 amide bonds. The maximum atomic E-state index is 12.8. The summed E-state index contributed by atoms with van der Waals surface area (Å²) in [7, 11) is 0. The third kappa shape index (κ3) is 5.51. The van der Waals surface area contributed by atoms with Crippen LogP contribution in [0.1, 0.15) is 27.0 Å². The second-order valence-corrected chi connectivity index (χ2v) is 9.15. The molecule has 178 valence electrons. The van der Waals surface area contributed by atoms with Crippen LogP contribution in [0, 0.1) is 6.92 Å². The van der Waals surface area contributed by atoms with Gasteiger partial charge in [0.05, 0.1) is 6.54 Å². The molecule has 0 aromatic heterocycles. The van der Waals surface area contributed by atoms with Crippen molar-refractivity contribution in [2.45, 2.75) is 20.0 Å². The lowest BCUT2D eigenvalue weighted by molar-refractivity contribution is -0.138. The average Bonchev–Trinajstić information content (AvgIpc) is 3.05. The highest BCUT2D eigenvalue weighted by Gasteiger charge is 2.37. The van der Waals surface area contributed by atoms with Gasteiger partial charge in [0.1, 0.15) is 10.7 Å². The van der Waals surface area contributed by atoms with Gasteiger partial charge in [-0.15, -0.1) is 0 Å². The van der Waals surface area contributed by atoms with E-state index in [9.17, 15) is 14.4 Å². The predicted octanol–water partition coefficient (Wildman–Crippen LogP) is 5.66. The Morgan fingerprint density at radius 1 is 0.857 bits per heavy atom. The van der Waals surface area contributed by atoms with Gasteiger partial charge in [-0.1, -0.05) is 65.1 Å². The molecule has 0 saturated carbocycles. The van der Waals surface area contributed by atoms with E-state index in [1.54, 1.807) is 66.7 Å². The minimum absolute atomic E-state index is 0.0453. The zero-order valence-electron chi connectivity index (χ0n) is 18.6. The first-order valence-electron chi connectivity index (χ1n) is 10.6. The summed E-state index contributed by atoms with van der Waals surface area (Å²) in [4.78, 5) is 39.0. The second kappa shape index (κ2) is 10.5. The highest BCUT2D eigenvalue weighted by atomic mass is 35.5. The van der Waals surface area contributed by atoms with E-state index < -0.39 is 11.8 Å². The van der Waals surface area contributed by atoms with Crippen LogP contribution >= 0.6 is 34.8 Å². The number of imide groups is 1. The van der Waals surface area contributed by atoms with Crippen molar-refractivity contribution in [3.63, 3.8) is 0 Å². The fraction of sp³-hybridized carbons (Fsp3) is 0.115. The summed E-state index contributed by atoms with van der Waals surface area (Å²) in [5.74, 6) is -1.32. The van der Waals surface area contributed by atoms with Crippen molar-refractivity contribution >= 4 is 58.2 Å². The Kier molecular flexibility index (Phi) is 7.45. The van der Waals surface area contributed by atoms with Crippen LogP contribution in [0.2, 0.25) is 10.0 Å². The first-order valence-corrected chi connectivity index (χ1v) is 11.8. The lowest BCUT2D eigenvalue weighted by atomic mass is 10.1. The number of carbonyl (C=O) groups excluding carboxylic acids is 3. The lowest BCUT2D eigenvalue weighted by Gasteiger charge is -2.15. The molecular formula is C26H20Cl3N3O3. The van der Waals surface area contributed by atoms with E-state index in [-0.39, 0.29) is 29.7 Å². The number of hydrogen-bond acceptors (Lipinski definition) is 4. The number of nitrogens with one attached hydrogen (secondary N) is 2. The first-order chi connectivity index (χ1) is 16.7. The molecule has 9 heteroatoms. The minimum Gasteiger partial charge on any atom is -0.375 e. The normalized spacial score (nSPS) is 13.4. The Morgan fingerprint density at radius 3 is 2.20 bits per heavy atom. The molecule has 0 bridgehead atoms. The van der Waals surface area contributed by atoms with E-state index in [0.29, 0.717) is 21.3 Å². The summed E-state index contributed by atoms with van der Waals surface area (Å²) in [6, 6.07) is 19.1. The van der Waals surface area contributed by atoms with E-state index in [1.807, 2.05) is 6.92 Å². The zero-order chi connectivity index (χ0) is 25.1. The van der Waals surface area contributed by atoms with Gasteiger partial charge >= 0.3 is 0 Å². The van der Waals surface area contributed by atoms with Crippen LogP contribution in [-0.2, 0) is 22.7 Å². The number of amides is 3. The van der Waals surface area contributed by atoms with Gasteiger partial charge in [-0.3, -0.25) is 19.3 Å². The zero-order valence-corrected chi connectivity index (χ0v) is 20.8. The van der Waals surface area contributed by atoms with Gasteiger partial charge in [-0.05, 0) is 60.0 Å². The molecule has 0 unspecified atom stereocenters. The Bertz CT molecular complexity index is 1340. The number of anilines is 1. The van der Waals surface area contributed by atoms with Gasteiger partial charge in [-0.25, -0.2) is 0 Å². The molecule has 0 aliphatic carbocycles. The molecule has 3 aromatic carbocycles. The van der Waals surface area contributed by atoms with Gasteiger partial charge in [-0.2, -0.15) is 0 Å². The molecule has 0 atom stereocenters. The van der Waals surface area contributed by atoms with Crippen molar-refractivity contribution in [3.05, 3.63) is 110 Å². The molecule has 2 N–H and O–H groups in total. The SMILES string of the molecule is Cc1c(Cl)cccc1NC(=O)c1ccc(CNC2=C(Cl)C(=O)N(Cc3ccc(Cl)cc3)C2=O)cc1. The Balaban J connectivity index is 1.38.